The van der Waals surface area contributed by atoms with Crippen LogP contribution in [0.4, 0.5) is 26.3 Å². The number of aromatic nitrogens is 1. The lowest BCUT2D eigenvalue weighted by Gasteiger charge is -2.31. The highest BCUT2D eigenvalue weighted by Gasteiger charge is 2.57. The van der Waals surface area contributed by atoms with E-state index < -0.39 is 47.1 Å². The first-order chi connectivity index (χ1) is 9.06. The van der Waals surface area contributed by atoms with Crippen LogP contribution in [-0.4, -0.2) is 23.9 Å². The van der Waals surface area contributed by atoms with Crippen molar-refractivity contribution >= 4 is 17.8 Å². The van der Waals surface area contributed by atoms with Crippen LogP contribution in [0.5, 0.6) is 0 Å². The molecule has 0 aromatic carbocycles. The van der Waals surface area contributed by atoms with E-state index in [0.717, 1.165) is 12.3 Å². The molecule has 20 heavy (non-hydrogen) atoms. The number of halogens is 7. The fourth-order valence-corrected chi connectivity index (χ4v) is 2.21. The van der Waals surface area contributed by atoms with Gasteiger partial charge in [0.2, 0.25) is 0 Å². The van der Waals surface area contributed by atoms with Crippen LogP contribution in [0.25, 0.3) is 0 Å². The predicted octanol–water partition coefficient (Wildman–Crippen LogP) is 4.03. The fourth-order valence-electron chi connectivity index (χ4n) is 2.00. The van der Waals surface area contributed by atoms with E-state index in [9.17, 15) is 26.3 Å². The second kappa shape index (κ2) is 4.61. The monoisotopic (exact) mass is 316 g/mol. The molecule has 1 atom stereocenters. The Morgan fingerprint density at radius 1 is 1.10 bits per heavy atom. The Kier molecular flexibility index (Phi) is 3.48. The van der Waals surface area contributed by atoms with Gasteiger partial charge in [0.1, 0.15) is 16.3 Å². The number of nitrogens with zero attached hydrogens (tertiary/aromatic N) is 2. The summed E-state index contributed by atoms with van der Waals surface area (Å²) in [7, 11) is 0. The van der Waals surface area contributed by atoms with Crippen molar-refractivity contribution in [2.24, 2.45) is 4.99 Å². The van der Waals surface area contributed by atoms with Crippen molar-refractivity contribution in [2.75, 3.05) is 6.54 Å². The van der Waals surface area contributed by atoms with Gasteiger partial charge < -0.3 is 0 Å². The first-order valence-electron chi connectivity index (χ1n) is 5.36. The Morgan fingerprint density at radius 2 is 1.75 bits per heavy atom. The Morgan fingerprint density at radius 3 is 2.20 bits per heavy atom. The zero-order valence-corrected chi connectivity index (χ0v) is 10.4. The van der Waals surface area contributed by atoms with Crippen LogP contribution in [0.2, 0.25) is 5.15 Å². The normalized spacial score (nSPS) is 23.4. The summed E-state index contributed by atoms with van der Waals surface area (Å²) in [6, 6.07) is 1.19. The molecular formula is C11H7ClF6N2. The Hall–Kier alpha value is -1.31. The Bertz CT molecular complexity index is 541. The van der Waals surface area contributed by atoms with Crippen LogP contribution in [-0.2, 0) is 11.6 Å². The molecule has 1 aliphatic heterocycles. The summed E-state index contributed by atoms with van der Waals surface area (Å²) in [4.78, 5) is 6.53. The van der Waals surface area contributed by atoms with Crippen molar-refractivity contribution in [1.29, 1.82) is 0 Å². The largest absolute Gasteiger partial charge is 0.433 e. The van der Waals surface area contributed by atoms with Gasteiger partial charge in [-0.25, -0.2) is 4.98 Å². The number of pyridine rings is 1. The molecule has 110 valence electrons. The highest BCUT2D eigenvalue weighted by atomic mass is 35.5. The number of hydrogen-bond acceptors (Lipinski definition) is 2. The first-order valence-corrected chi connectivity index (χ1v) is 5.74. The maximum absolute atomic E-state index is 13.2. The fraction of sp³-hybridized carbons (Fsp3) is 0.455. The van der Waals surface area contributed by atoms with Gasteiger partial charge in [0.15, 0.2) is 0 Å². The molecule has 0 fully saturated rings. The molecule has 0 radical (unpaired) electrons. The molecule has 1 aromatic rings. The van der Waals surface area contributed by atoms with E-state index in [1.165, 1.54) is 0 Å². The van der Waals surface area contributed by atoms with Crippen LogP contribution in [0.3, 0.4) is 0 Å². The van der Waals surface area contributed by atoms with Crippen molar-refractivity contribution in [3.8, 4) is 0 Å². The zero-order chi connectivity index (χ0) is 15.2. The SMILES string of the molecule is FC(F)(F)c1cc(C2(C(F)(F)F)CC=NC2)cc(Cl)n1. The maximum Gasteiger partial charge on any atom is 0.433 e. The molecule has 9 heteroatoms. The minimum absolute atomic E-state index is 0.383. The molecule has 1 aliphatic rings. The topological polar surface area (TPSA) is 25.2 Å². The van der Waals surface area contributed by atoms with Crippen LogP contribution >= 0.6 is 11.6 Å². The summed E-state index contributed by atoms with van der Waals surface area (Å²) in [5.74, 6) is 0. The predicted molar refractivity (Wildman–Crippen MR) is 60.0 cm³/mol. The Balaban J connectivity index is 2.59. The summed E-state index contributed by atoms with van der Waals surface area (Å²) in [5.41, 5.74) is -4.50. The third-order valence-corrected chi connectivity index (χ3v) is 3.30. The Labute approximate surface area is 114 Å². The van der Waals surface area contributed by atoms with Gasteiger partial charge in [0.05, 0.1) is 6.54 Å². The van der Waals surface area contributed by atoms with E-state index in [-0.39, 0.29) is 0 Å². The van der Waals surface area contributed by atoms with Gasteiger partial charge in [0, 0.05) is 12.6 Å². The molecule has 2 nitrogen and oxygen atoms in total. The number of rotatable bonds is 1. The average Bonchev–Trinajstić information content (AvgIpc) is 2.76. The minimum Gasteiger partial charge on any atom is -0.296 e. The van der Waals surface area contributed by atoms with E-state index >= 15 is 0 Å². The molecule has 1 aromatic heterocycles. The summed E-state index contributed by atoms with van der Waals surface area (Å²) >= 11 is 5.43. The van der Waals surface area contributed by atoms with E-state index in [1.807, 2.05) is 0 Å². The summed E-state index contributed by atoms with van der Waals surface area (Å²) in [5, 5.41) is -0.634. The van der Waals surface area contributed by atoms with Gasteiger partial charge in [-0.1, -0.05) is 11.6 Å². The minimum atomic E-state index is -4.87. The molecule has 2 rings (SSSR count). The van der Waals surface area contributed by atoms with E-state index in [1.54, 1.807) is 0 Å². The smallest absolute Gasteiger partial charge is 0.296 e. The van der Waals surface area contributed by atoms with Crippen LogP contribution < -0.4 is 0 Å². The van der Waals surface area contributed by atoms with Gasteiger partial charge in [0.25, 0.3) is 0 Å². The highest BCUT2D eigenvalue weighted by molar-refractivity contribution is 6.29. The summed E-state index contributed by atoms with van der Waals surface area (Å²) in [6.07, 6.45) is -9.08. The lowest BCUT2D eigenvalue weighted by atomic mass is 9.78. The molecule has 0 bridgehead atoms. The maximum atomic E-state index is 13.2. The zero-order valence-electron chi connectivity index (χ0n) is 9.69. The summed E-state index contributed by atoms with van der Waals surface area (Å²) < 4.78 is 77.6. The van der Waals surface area contributed by atoms with Crippen LogP contribution in [0.15, 0.2) is 17.1 Å². The van der Waals surface area contributed by atoms with Crippen molar-refractivity contribution in [3.63, 3.8) is 0 Å². The van der Waals surface area contributed by atoms with Crippen molar-refractivity contribution in [2.45, 2.75) is 24.2 Å². The number of hydrogen-bond donors (Lipinski definition) is 0. The molecular weight excluding hydrogens is 310 g/mol. The average molecular weight is 317 g/mol. The number of aliphatic imine (C=N–C) groups is 1. The molecule has 0 aliphatic carbocycles. The molecule has 0 saturated heterocycles. The molecule has 1 unspecified atom stereocenters. The van der Waals surface area contributed by atoms with Gasteiger partial charge in [-0.3, -0.25) is 4.99 Å². The first kappa shape index (κ1) is 15.1. The highest BCUT2D eigenvalue weighted by Crippen LogP contribution is 2.47. The van der Waals surface area contributed by atoms with Crippen LogP contribution in [0, 0.1) is 0 Å². The van der Waals surface area contributed by atoms with E-state index in [2.05, 4.69) is 9.98 Å². The molecule has 2 heterocycles. The molecule has 0 spiro atoms. The van der Waals surface area contributed by atoms with Gasteiger partial charge in [-0.2, -0.15) is 26.3 Å². The lowest BCUT2D eigenvalue weighted by molar-refractivity contribution is -0.184. The third-order valence-electron chi connectivity index (χ3n) is 3.11. The molecule has 0 N–H and O–H groups in total. The summed E-state index contributed by atoms with van der Waals surface area (Å²) in [6.45, 7) is -0.659. The second-order valence-corrected chi connectivity index (χ2v) is 4.76. The second-order valence-electron chi connectivity index (χ2n) is 4.37. The van der Waals surface area contributed by atoms with E-state index in [4.69, 9.17) is 11.6 Å². The van der Waals surface area contributed by atoms with E-state index in [0.29, 0.717) is 6.07 Å². The number of alkyl halides is 6. The van der Waals surface area contributed by atoms with Gasteiger partial charge in [-0.15, -0.1) is 0 Å². The van der Waals surface area contributed by atoms with Crippen molar-refractivity contribution in [1.82, 2.24) is 4.98 Å². The van der Waals surface area contributed by atoms with Gasteiger partial charge >= 0.3 is 12.4 Å². The lowest BCUT2D eigenvalue weighted by Crippen LogP contribution is -2.43. The quantitative estimate of drug-likeness (QED) is 0.567. The van der Waals surface area contributed by atoms with Crippen LogP contribution in [0.1, 0.15) is 17.7 Å². The molecule has 0 saturated carbocycles. The van der Waals surface area contributed by atoms with Crippen molar-refractivity contribution in [3.05, 3.63) is 28.5 Å². The van der Waals surface area contributed by atoms with Crippen molar-refractivity contribution < 1.29 is 26.3 Å². The standard InChI is InChI=1S/C11H7ClF6N2/c12-8-4-6(3-7(20-8)10(13,14)15)9(11(16,17)18)1-2-19-5-9/h2-4H,1,5H2. The molecule has 0 amide bonds. The van der Waals surface area contributed by atoms with Gasteiger partial charge in [-0.05, 0) is 17.7 Å². The third kappa shape index (κ3) is 2.48.